The van der Waals surface area contributed by atoms with E-state index in [4.69, 9.17) is 16.2 Å². The predicted octanol–water partition coefficient (Wildman–Crippen LogP) is 3.31. The van der Waals surface area contributed by atoms with E-state index in [1.807, 2.05) is 0 Å². The molecule has 0 radical (unpaired) electrons. The molecule has 1 aromatic carbocycles. The van der Waals surface area contributed by atoms with E-state index in [-0.39, 0.29) is 22.5 Å². The average Bonchev–Trinajstić information content (AvgIpc) is 2.84. The molecule has 35 heavy (non-hydrogen) atoms. The molecule has 3 rings (SSSR count). The van der Waals surface area contributed by atoms with Crippen LogP contribution in [0.1, 0.15) is 25.3 Å². The lowest BCUT2D eigenvalue weighted by Crippen LogP contribution is -2.30. The van der Waals surface area contributed by atoms with Gasteiger partial charge in [-0.3, -0.25) is 9.59 Å². The monoisotopic (exact) mass is 472 g/mol. The van der Waals surface area contributed by atoms with Crippen LogP contribution in [0, 0.1) is 0 Å². The summed E-state index contributed by atoms with van der Waals surface area (Å²) < 4.78 is 5.27. The summed E-state index contributed by atoms with van der Waals surface area (Å²) in [4.78, 5) is 35.3. The number of benzene rings is 1. The molecule has 3 aromatic rings. The molecule has 2 aromatic heterocycles. The molecule has 0 atom stereocenters. The maximum atomic E-state index is 13.5. The molecular weight excluding hydrogens is 444 g/mol. The van der Waals surface area contributed by atoms with Gasteiger partial charge in [-0.05, 0) is 55.8 Å². The summed E-state index contributed by atoms with van der Waals surface area (Å²) in [5.74, 6) is -0.588. The Labute approximate surface area is 203 Å². The number of carbonyl (C=O) groups excluding carboxylic acids is 2. The van der Waals surface area contributed by atoms with Gasteiger partial charge in [-0.15, -0.1) is 0 Å². The Hall–Kier alpha value is -4.66. The second-order valence-corrected chi connectivity index (χ2v) is 7.74. The van der Waals surface area contributed by atoms with Crippen LogP contribution in [0.4, 0.5) is 11.6 Å². The Bertz CT molecular complexity index is 1160. The molecular formula is C26H28N6O3. The maximum absolute atomic E-state index is 13.5. The summed E-state index contributed by atoms with van der Waals surface area (Å²) >= 11 is 0. The van der Waals surface area contributed by atoms with Gasteiger partial charge in [-0.25, -0.2) is 9.97 Å². The molecule has 0 aliphatic carbocycles. The van der Waals surface area contributed by atoms with Crippen molar-refractivity contribution >= 4 is 23.5 Å². The number of methoxy groups -OCH3 is 1. The molecule has 0 bridgehead atoms. The van der Waals surface area contributed by atoms with E-state index in [1.54, 1.807) is 94.0 Å². The van der Waals surface area contributed by atoms with Crippen LogP contribution in [0.3, 0.4) is 0 Å². The summed E-state index contributed by atoms with van der Waals surface area (Å²) in [6.07, 6.45) is 3.12. The second-order valence-electron chi connectivity index (χ2n) is 7.74. The van der Waals surface area contributed by atoms with Gasteiger partial charge < -0.3 is 26.8 Å². The van der Waals surface area contributed by atoms with Crippen molar-refractivity contribution < 1.29 is 14.3 Å². The molecule has 0 aliphatic rings. The number of allylic oxidation sites excluding steroid dienone is 2. The van der Waals surface area contributed by atoms with Gasteiger partial charge in [-0.2, -0.15) is 0 Å². The van der Waals surface area contributed by atoms with E-state index in [0.717, 1.165) is 0 Å². The second kappa shape index (κ2) is 11.5. The summed E-state index contributed by atoms with van der Waals surface area (Å²) in [6, 6.07) is 17.3. The standard InChI is InChI=1S/C26H28N6O3/c1-16(27)22(25(33)31-20-8-4-6-14-29-20)24(18-10-12-19(35-3)13-11-18)23(17(2)28)26(34)32-21-9-5-7-15-30-21/h4-15,24H,27-28H2,1-3H3,(H,29,31,33)(H,30,32,34)/b22-16-,23-17-. The number of nitrogens with two attached hydrogens (primary N) is 2. The van der Waals surface area contributed by atoms with Crippen LogP contribution in [0.2, 0.25) is 0 Å². The largest absolute Gasteiger partial charge is 0.497 e. The number of nitrogens with one attached hydrogen (secondary N) is 2. The third-order valence-electron chi connectivity index (χ3n) is 5.18. The number of pyridine rings is 2. The lowest BCUT2D eigenvalue weighted by atomic mass is 9.81. The first kappa shape index (κ1) is 25.0. The summed E-state index contributed by atoms with van der Waals surface area (Å²) in [7, 11) is 1.55. The van der Waals surface area contributed by atoms with Crippen LogP contribution in [0.15, 0.2) is 95.6 Å². The highest BCUT2D eigenvalue weighted by Gasteiger charge is 2.33. The Morgan fingerprint density at radius 1 is 0.771 bits per heavy atom. The van der Waals surface area contributed by atoms with Crippen LogP contribution >= 0.6 is 0 Å². The van der Waals surface area contributed by atoms with Gasteiger partial charge >= 0.3 is 0 Å². The highest BCUT2D eigenvalue weighted by atomic mass is 16.5. The number of rotatable bonds is 8. The lowest BCUT2D eigenvalue weighted by Gasteiger charge is -2.25. The quantitative estimate of drug-likeness (QED) is 0.368. The molecule has 0 unspecified atom stereocenters. The number of hydrogen-bond acceptors (Lipinski definition) is 7. The maximum Gasteiger partial charge on any atom is 0.255 e. The minimum atomic E-state index is -0.886. The number of aromatic nitrogens is 2. The SMILES string of the molecule is COc1ccc(C(/C(C(=O)Nc2ccccn2)=C(\C)N)/C(C(=O)Nc2ccccn2)=C(\C)N)cc1. The van der Waals surface area contributed by atoms with Gasteiger partial charge in [0, 0.05) is 40.9 Å². The van der Waals surface area contributed by atoms with Crippen molar-refractivity contribution in [2.24, 2.45) is 11.5 Å². The van der Waals surface area contributed by atoms with E-state index in [9.17, 15) is 9.59 Å². The van der Waals surface area contributed by atoms with Crippen molar-refractivity contribution in [1.29, 1.82) is 0 Å². The van der Waals surface area contributed by atoms with Crippen LogP contribution in [-0.4, -0.2) is 28.9 Å². The molecule has 6 N–H and O–H groups in total. The molecule has 2 amide bonds. The van der Waals surface area contributed by atoms with Crippen molar-refractivity contribution in [1.82, 2.24) is 9.97 Å². The van der Waals surface area contributed by atoms with Crippen LogP contribution in [0.25, 0.3) is 0 Å². The third kappa shape index (κ3) is 6.23. The van der Waals surface area contributed by atoms with E-state index in [1.165, 1.54) is 0 Å². The van der Waals surface area contributed by atoms with E-state index < -0.39 is 17.7 Å². The number of carbonyl (C=O) groups is 2. The predicted molar refractivity (Wildman–Crippen MR) is 135 cm³/mol. The van der Waals surface area contributed by atoms with Crippen LogP contribution in [-0.2, 0) is 9.59 Å². The zero-order valence-electron chi connectivity index (χ0n) is 19.8. The van der Waals surface area contributed by atoms with Crippen molar-refractivity contribution in [2.45, 2.75) is 19.8 Å². The number of anilines is 2. The first-order valence-electron chi connectivity index (χ1n) is 10.8. The van der Waals surface area contributed by atoms with Gasteiger partial charge in [0.2, 0.25) is 0 Å². The minimum absolute atomic E-state index is 0.164. The Balaban J connectivity index is 2.12. The van der Waals surface area contributed by atoms with Crippen LogP contribution < -0.4 is 26.8 Å². The van der Waals surface area contributed by atoms with E-state index >= 15 is 0 Å². The fourth-order valence-corrected chi connectivity index (χ4v) is 3.59. The van der Waals surface area contributed by atoms with E-state index in [2.05, 4.69) is 20.6 Å². The number of hydrogen-bond donors (Lipinski definition) is 4. The molecule has 0 saturated carbocycles. The molecule has 0 aliphatic heterocycles. The van der Waals surface area contributed by atoms with E-state index in [0.29, 0.717) is 22.9 Å². The van der Waals surface area contributed by atoms with Gasteiger partial charge in [0.25, 0.3) is 11.8 Å². The Morgan fingerprint density at radius 3 is 1.57 bits per heavy atom. The fourth-order valence-electron chi connectivity index (χ4n) is 3.59. The highest BCUT2D eigenvalue weighted by molar-refractivity contribution is 6.10. The molecule has 2 heterocycles. The summed E-state index contributed by atoms with van der Waals surface area (Å²) in [6.45, 7) is 3.20. The molecule has 0 saturated heterocycles. The molecule has 180 valence electrons. The first-order chi connectivity index (χ1) is 16.8. The van der Waals surface area contributed by atoms with Gasteiger partial charge in [0.05, 0.1) is 7.11 Å². The topological polar surface area (TPSA) is 145 Å². The molecule has 0 spiro atoms. The van der Waals surface area contributed by atoms with Crippen molar-refractivity contribution in [3.05, 3.63) is 101 Å². The number of nitrogens with zero attached hydrogens (tertiary/aromatic N) is 2. The van der Waals surface area contributed by atoms with Crippen LogP contribution in [0.5, 0.6) is 5.75 Å². The molecule has 9 heteroatoms. The van der Waals surface area contributed by atoms with Crippen molar-refractivity contribution in [2.75, 3.05) is 17.7 Å². The third-order valence-corrected chi connectivity index (χ3v) is 5.18. The molecule has 0 fully saturated rings. The van der Waals surface area contributed by atoms with Gasteiger partial charge in [-0.1, -0.05) is 24.3 Å². The summed E-state index contributed by atoms with van der Waals surface area (Å²) in [5.41, 5.74) is 13.9. The zero-order valence-corrected chi connectivity index (χ0v) is 19.8. The lowest BCUT2D eigenvalue weighted by molar-refractivity contribution is -0.113. The smallest absolute Gasteiger partial charge is 0.255 e. The van der Waals surface area contributed by atoms with Crippen molar-refractivity contribution in [3.63, 3.8) is 0 Å². The minimum Gasteiger partial charge on any atom is -0.497 e. The first-order valence-corrected chi connectivity index (χ1v) is 10.8. The highest BCUT2D eigenvalue weighted by Crippen LogP contribution is 2.36. The zero-order chi connectivity index (χ0) is 25.4. The van der Waals surface area contributed by atoms with Gasteiger partial charge in [0.15, 0.2) is 0 Å². The summed E-state index contributed by atoms with van der Waals surface area (Å²) in [5, 5.41) is 5.52. The fraction of sp³-hybridized carbons (Fsp3) is 0.154. The number of ether oxygens (including phenoxy) is 1. The molecule has 9 nitrogen and oxygen atoms in total. The Morgan fingerprint density at radius 2 is 1.23 bits per heavy atom. The normalized spacial score (nSPS) is 12.3. The van der Waals surface area contributed by atoms with Crippen molar-refractivity contribution in [3.8, 4) is 5.75 Å². The average molecular weight is 473 g/mol. The number of amides is 2. The Kier molecular flexibility index (Phi) is 8.18. The van der Waals surface area contributed by atoms with Gasteiger partial charge in [0.1, 0.15) is 17.4 Å².